The average Bonchev–Trinajstić information content (AvgIpc) is 2.40. The fraction of sp³-hybridized carbons (Fsp3) is 0.0714. The van der Waals surface area contributed by atoms with Crippen LogP contribution in [-0.4, -0.2) is 19.5 Å². The van der Waals surface area contributed by atoms with Crippen LogP contribution in [0.2, 0.25) is 0 Å². The maximum absolute atomic E-state index is 12.3. The van der Waals surface area contributed by atoms with E-state index in [1.807, 2.05) is 6.92 Å². The van der Waals surface area contributed by atoms with Gasteiger partial charge in [-0.2, -0.15) is 0 Å². The Morgan fingerprint density at radius 1 is 1.14 bits per heavy atom. The summed E-state index contributed by atoms with van der Waals surface area (Å²) in [5.41, 5.74) is 6.65. The lowest BCUT2D eigenvalue weighted by Gasteiger charge is -2.11. The molecule has 0 spiro atoms. The lowest BCUT2D eigenvalue weighted by atomic mass is 10.2. The molecule has 4 N–H and O–H groups in total. The van der Waals surface area contributed by atoms with Crippen molar-refractivity contribution < 1.29 is 18.3 Å². The zero-order chi connectivity index (χ0) is 15.6. The number of carboxylic acids is 1. The number of carboxylic acid groups (broad SMARTS) is 1. The van der Waals surface area contributed by atoms with Crippen LogP contribution in [0.1, 0.15) is 15.9 Å². The van der Waals surface area contributed by atoms with Crippen LogP contribution in [0.3, 0.4) is 0 Å². The average molecular weight is 306 g/mol. The molecule has 0 atom stereocenters. The van der Waals surface area contributed by atoms with Crippen LogP contribution in [0, 0.1) is 6.92 Å². The maximum atomic E-state index is 12.3. The molecule has 0 bridgehead atoms. The van der Waals surface area contributed by atoms with Crippen molar-refractivity contribution in [1.29, 1.82) is 0 Å². The Labute approximate surface area is 122 Å². The summed E-state index contributed by atoms with van der Waals surface area (Å²) in [6.07, 6.45) is 0. The molecule has 0 saturated carbocycles. The predicted octanol–water partition coefficient (Wildman–Crippen LogP) is 2.08. The summed E-state index contributed by atoms with van der Waals surface area (Å²) in [5.74, 6) is -1.36. The van der Waals surface area contributed by atoms with Crippen molar-refractivity contribution >= 4 is 27.4 Å². The minimum Gasteiger partial charge on any atom is -0.478 e. The number of aromatic carboxylic acids is 1. The van der Waals surface area contributed by atoms with Gasteiger partial charge in [-0.1, -0.05) is 17.7 Å². The summed E-state index contributed by atoms with van der Waals surface area (Å²) >= 11 is 0. The zero-order valence-electron chi connectivity index (χ0n) is 11.2. The number of nitrogens with one attached hydrogen (secondary N) is 1. The van der Waals surface area contributed by atoms with Gasteiger partial charge in [0.25, 0.3) is 10.0 Å². The third-order valence-electron chi connectivity index (χ3n) is 2.83. The summed E-state index contributed by atoms with van der Waals surface area (Å²) in [5, 5.41) is 9.11. The first kappa shape index (κ1) is 14.9. The number of benzene rings is 2. The van der Waals surface area contributed by atoms with Crippen molar-refractivity contribution in [3.63, 3.8) is 0 Å². The molecule has 21 heavy (non-hydrogen) atoms. The van der Waals surface area contributed by atoms with Crippen LogP contribution < -0.4 is 10.5 Å². The molecule has 2 rings (SSSR count). The van der Waals surface area contributed by atoms with Gasteiger partial charge in [-0.3, -0.25) is 4.72 Å². The predicted molar refractivity (Wildman–Crippen MR) is 79.8 cm³/mol. The standard InChI is InChI=1S/C14H14N2O4S/c1-9-2-5-11(6-3-9)16-21(19,20)13-7-4-10(15)8-12(13)14(17)18/h2-8,16H,15H2,1H3,(H,17,18). The molecule has 0 unspecified atom stereocenters. The van der Waals surface area contributed by atoms with Crippen LogP contribution in [0.25, 0.3) is 0 Å². The van der Waals surface area contributed by atoms with E-state index in [9.17, 15) is 13.2 Å². The van der Waals surface area contributed by atoms with E-state index < -0.39 is 16.0 Å². The largest absolute Gasteiger partial charge is 0.478 e. The first-order chi connectivity index (χ1) is 9.79. The van der Waals surface area contributed by atoms with Gasteiger partial charge in [0.2, 0.25) is 0 Å². The third kappa shape index (κ3) is 3.32. The molecule has 0 aliphatic carbocycles. The van der Waals surface area contributed by atoms with E-state index in [4.69, 9.17) is 10.8 Å². The first-order valence-corrected chi connectivity index (χ1v) is 7.50. The molecule has 6 nitrogen and oxygen atoms in total. The Bertz CT molecular complexity index is 783. The summed E-state index contributed by atoms with van der Waals surface area (Å²) < 4.78 is 27.0. The van der Waals surface area contributed by atoms with E-state index in [1.54, 1.807) is 24.3 Å². The molecule has 0 heterocycles. The molecule has 2 aromatic rings. The normalized spacial score (nSPS) is 11.1. The molecule has 7 heteroatoms. The highest BCUT2D eigenvalue weighted by Crippen LogP contribution is 2.22. The number of carbonyl (C=O) groups is 1. The summed E-state index contributed by atoms with van der Waals surface area (Å²) in [4.78, 5) is 10.8. The number of hydrogen-bond acceptors (Lipinski definition) is 4. The molecule has 0 aliphatic rings. The molecule has 0 aliphatic heterocycles. The van der Waals surface area contributed by atoms with Crippen LogP contribution in [-0.2, 0) is 10.0 Å². The highest BCUT2D eigenvalue weighted by atomic mass is 32.2. The lowest BCUT2D eigenvalue weighted by molar-refractivity contribution is 0.0692. The second-order valence-electron chi connectivity index (χ2n) is 4.53. The number of anilines is 2. The minimum absolute atomic E-state index is 0.182. The van der Waals surface area contributed by atoms with Crippen LogP contribution in [0.15, 0.2) is 47.4 Å². The van der Waals surface area contributed by atoms with E-state index in [0.717, 1.165) is 11.6 Å². The highest BCUT2D eigenvalue weighted by Gasteiger charge is 2.22. The van der Waals surface area contributed by atoms with E-state index in [2.05, 4.69) is 4.72 Å². The van der Waals surface area contributed by atoms with E-state index in [0.29, 0.717) is 5.69 Å². The Balaban J connectivity index is 2.44. The third-order valence-corrected chi connectivity index (χ3v) is 4.27. The second-order valence-corrected chi connectivity index (χ2v) is 6.18. The van der Waals surface area contributed by atoms with Gasteiger partial charge in [-0.25, -0.2) is 13.2 Å². The smallest absolute Gasteiger partial charge is 0.337 e. The van der Waals surface area contributed by atoms with Crippen LogP contribution >= 0.6 is 0 Å². The van der Waals surface area contributed by atoms with Gasteiger partial charge in [0.15, 0.2) is 0 Å². The van der Waals surface area contributed by atoms with Crippen molar-refractivity contribution in [2.45, 2.75) is 11.8 Å². The number of hydrogen-bond donors (Lipinski definition) is 3. The molecule has 2 aromatic carbocycles. The van der Waals surface area contributed by atoms with Crippen LogP contribution in [0.5, 0.6) is 0 Å². The fourth-order valence-corrected chi connectivity index (χ4v) is 3.02. The summed E-state index contributed by atoms with van der Waals surface area (Å²) in [6.45, 7) is 1.88. The van der Waals surface area contributed by atoms with Gasteiger partial charge >= 0.3 is 5.97 Å². The molecule has 0 fully saturated rings. The van der Waals surface area contributed by atoms with Crippen molar-refractivity contribution in [1.82, 2.24) is 0 Å². The molecular formula is C14H14N2O4S. The van der Waals surface area contributed by atoms with Crippen molar-refractivity contribution in [3.05, 3.63) is 53.6 Å². The van der Waals surface area contributed by atoms with Crippen LogP contribution in [0.4, 0.5) is 11.4 Å². The molecule has 0 aromatic heterocycles. The number of nitrogen functional groups attached to an aromatic ring is 1. The van der Waals surface area contributed by atoms with E-state index in [1.165, 1.54) is 12.1 Å². The molecule has 0 saturated heterocycles. The fourth-order valence-electron chi connectivity index (χ4n) is 1.78. The van der Waals surface area contributed by atoms with Crippen molar-refractivity contribution in [2.24, 2.45) is 0 Å². The van der Waals surface area contributed by atoms with Crippen molar-refractivity contribution in [2.75, 3.05) is 10.5 Å². The number of nitrogens with two attached hydrogens (primary N) is 1. The molecule has 110 valence electrons. The Kier molecular flexibility index (Phi) is 3.86. The first-order valence-electron chi connectivity index (χ1n) is 6.02. The highest BCUT2D eigenvalue weighted by molar-refractivity contribution is 7.92. The van der Waals surface area contributed by atoms with Gasteiger partial charge in [-0.15, -0.1) is 0 Å². The Hall–Kier alpha value is -2.54. The zero-order valence-corrected chi connectivity index (χ0v) is 12.0. The minimum atomic E-state index is -4.01. The maximum Gasteiger partial charge on any atom is 0.337 e. The van der Waals surface area contributed by atoms with Crippen molar-refractivity contribution in [3.8, 4) is 0 Å². The number of sulfonamides is 1. The topological polar surface area (TPSA) is 109 Å². The van der Waals surface area contributed by atoms with Gasteiger partial charge in [0, 0.05) is 11.4 Å². The second kappa shape index (κ2) is 5.45. The van der Waals surface area contributed by atoms with Gasteiger partial charge in [0.05, 0.1) is 5.56 Å². The Morgan fingerprint density at radius 3 is 2.33 bits per heavy atom. The number of aryl methyl sites for hydroxylation is 1. The SMILES string of the molecule is Cc1ccc(NS(=O)(=O)c2ccc(N)cc2C(=O)O)cc1. The summed E-state index contributed by atoms with van der Waals surface area (Å²) in [7, 11) is -4.01. The van der Waals surface area contributed by atoms with Gasteiger partial charge in [-0.05, 0) is 37.3 Å². The Morgan fingerprint density at radius 2 is 1.76 bits per heavy atom. The number of rotatable bonds is 4. The molecular weight excluding hydrogens is 292 g/mol. The van der Waals surface area contributed by atoms with Gasteiger partial charge < -0.3 is 10.8 Å². The molecule has 0 amide bonds. The quantitative estimate of drug-likeness (QED) is 0.749. The summed E-state index contributed by atoms with van der Waals surface area (Å²) in [6, 6.07) is 10.3. The van der Waals surface area contributed by atoms with E-state index in [-0.39, 0.29) is 16.1 Å². The monoisotopic (exact) mass is 306 g/mol. The van der Waals surface area contributed by atoms with E-state index >= 15 is 0 Å². The molecule has 0 radical (unpaired) electrons. The van der Waals surface area contributed by atoms with Gasteiger partial charge in [0.1, 0.15) is 4.90 Å². The lowest BCUT2D eigenvalue weighted by Crippen LogP contribution is -2.17.